The number of carbonyl (C=O) groups is 4. The number of hydrogen-bond donors (Lipinski definition) is 1. The minimum atomic E-state index is -1.11. The molecule has 0 unspecified atom stereocenters. The second kappa shape index (κ2) is 12.2. The Hall–Kier alpha value is -3.44. The SMILES string of the molecule is COC(=O)N(C(=O)[C@@H](N)C(C)C)C(=O)[C@@H]1CCCN1[C@H](C(=O)c1nnc(C(C)(C)c2ccccc2)o1)C(C)C. The van der Waals surface area contributed by atoms with Crippen LogP contribution < -0.4 is 5.73 Å². The zero-order valence-corrected chi connectivity index (χ0v) is 23.7. The lowest BCUT2D eigenvalue weighted by atomic mass is 9.85. The van der Waals surface area contributed by atoms with Crippen molar-refractivity contribution in [2.75, 3.05) is 13.7 Å². The molecule has 1 fully saturated rings. The number of methoxy groups -OCH3 is 1. The molecule has 1 aromatic heterocycles. The Morgan fingerprint density at radius 1 is 1.08 bits per heavy atom. The maximum absolute atomic E-state index is 13.8. The van der Waals surface area contributed by atoms with E-state index >= 15 is 0 Å². The number of nitrogens with zero attached hydrogens (tertiary/aromatic N) is 4. The number of amides is 3. The molecule has 11 nitrogen and oxygen atoms in total. The zero-order chi connectivity index (χ0) is 29.1. The number of likely N-dealkylation sites (tertiary alicyclic amines) is 1. The van der Waals surface area contributed by atoms with Gasteiger partial charge in [-0.1, -0.05) is 58.0 Å². The van der Waals surface area contributed by atoms with Gasteiger partial charge >= 0.3 is 6.09 Å². The van der Waals surface area contributed by atoms with Crippen LogP contribution in [0.1, 0.15) is 76.5 Å². The first-order valence-electron chi connectivity index (χ1n) is 13.2. The fourth-order valence-electron chi connectivity index (χ4n) is 4.87. The molecule has 0 aliphatic carbocycles. The van der Waals surface area contributed by atoms with Crippen molar-refractivity contribution in [3.05, 3.63) is 47.7 Å². The molecule has 0 spiro atoms. The van der Waals surface area contributed by atoms with Crippen molar-refractivity contribution in [2.45, 2.75) is 77.9 Å². The van der Waals surface area contributed by atoms with Crippen molar-refractivity contribution >= 4 is 23.7 Å². The number of aromatic nitrogens is 2. The Bertz CT molecular complexity index is 1190. The van der Waals surface area contributed by atoms with Crippen LogP contribution >= 0.6 is 0 Å². The van der Waals surface area contributed by atoms with Crippen LogP contribution in [0.3, 0.4) is 0 Å². The lowest BCUT2D eigenvalue weighted by Gasteiger charge is -2.35. The second-order valence-corrected chi connectivity index (χ2v) is 11.1. The van der Waals surface area contributed by atoms with Crippen LogP contribution in [0.25, 0.3) is 0 Å². The van der Waals surface area contributed by atoms with Crippen molar-refractivity contribution in [2.24, 2.45) is 17.6 Å². The van der Waals surface area contributed by atoms with E-state index in [9.17, 15) is 19.2 Å². The van der Waals surface area contributed by atoms with Gasteiger partial charge in [0, 0.05) is 0 Å². The Labute approximate surface area is 229 Å². The summed E-state index contributed by atoms with van der Waals surface area (Å²) in [5.74, 6) is -2.46. The summed E-state index contributed by atoms with van der Waals surface area (Å²) < 4.78 is 10.7. The number of imide groups is 3. The second-order valence-electron chi connectivity index (χ2n) is 11.1. The van der Waals surface area contributed by atoms with Crippen LogP contribution in [0.2, 0.25) is 0 Å². The van der Waals surface area contributed by atoms with E-state index < -0.39 is 47.2 Å². The predicted octanol–water partition coefficient (Wildman–Crippen LogP) is 3.17. The summed E-state index contributed by atoms with van der Waals surface area (Å²) in [6, 6.07) is 6.84. The van der Waals surface area contributed by atoms with E-state index in [-0.39, 0.29) is 17.7 Å². The Kier molecular flexibility index (Phi) is 9.39. The lowest BCUT2D eigenvalue weighted by molar-refractivity contribution is -0.146. The van der Waals surface area contributed by atoms with Gasteiger partial charge in [-0.3, -0.25) is 19.3 Å². The van der Waals surface area contributed by atoms with Crippen molar-refractivity contribution in [3.63, 3.8) is 0 Å². The molecule has 1 saturated heterocycles. The van der Waals surface area contributed by atoms with Gasteiger partial charge in [0.05, 0.1) is 30.7 Å². The largest absolute Gasteiger partial charge is 0.452 e. The molecule has 2 aromatic rings. The van der Waals surface area contributed by atoms with Crippen molar-refractivity contribution in [3.8, 4) is 0 Å². The van der Waals surface area contributed by atoms with Crippen molar-refractivity contribution in [1.82, 2.24) is 20.0 Å². The highest BCUT2D eigenvalue weighted by Crippen LogP contribution is 2.32. The third-order valence-electron chi connectivity index (χ3n) is 7.30. The molecule has 39 heavy (non-hydrogen) atoms. The third kappa shape index (κ3) is 6.09. The summed E-state index contributed by atoms with van der Waals surface area (Å²) in [4.78, 5) is 55.2. The van der Waals surface area contributed by atoms with E-state index in [0.717, 1.165) is 12.7 Å². The van der Waals surface area contributed by atoms with Crippen LogP contribution in [0.5, 0.6) is 0 Å². The topological polar surface area (TPSA) is 149 Å². The third-order valence-corrected chi connectivity index (χ3v) is 7.30. The normalized spacial score (nSPS) is 17.7. The molecule has 1 aromatic carbocycles. The number of nitrogens with two attached hydrogens (primary N) is 1. The molecule has 11 heteroatoms. The van der Waals surface area contributed by atoms with E-state index in [1.54, 1.807) is 18.7 Å². The molecule has 3 atom stereocenters. The molecule has 1 aliphatic heterocycles. The average molecular weight is 542 g/mol. The van der Waals surface area contributed by atoms with E-state index in [1.807, 2.05) is 58.0 Å². The molecule has 0 radical (unpaired) electrons. The summed E-state index contributed by atoms with van der Waals surface area (Å²) in [5.41, 5.74) is 6.30. The summed E-state index contributed by atoms with van der Waals surface area (Å²) in [5, 5.41) is 8.25. The summed E-state index contributed by atoms with van der Waals surface area (Å²) in [6.45, 7) is 11.4. The first kappa shape index (κ1) is 30.1. The molecular formula is C28H39N5O6. The van der Waals surface area contributed by atoms with E-state index in [4.69, 9.17) is 14.9 Å². The first-order valence-corrected chi connectivity index (χ1v) is 13.2. The number of ketones is 1. The molecule has 2 N–H and O–H groups in total. The van der Waals surface area contributed by atoms with Crippen LogP contribution in [-0.4, -0.2) is 75.5 Å². The van der Waals surface area contributed by atoms with Gasteiger partial charge in [0.15, 0.2) is 0 Å². The van der Waals surface area contributed by atoms with Crippen molar-refractivity contribution < 1.29 is 28.3 Å². The summed E-state index contributed by atoms with van der Waals surface area (Å²) >= 11 is 0. The van der Waals surface area contributed by atoms with Gasteiger partial charge < -0.3 is 14.9 Å². The van der Waals surface area contributed by atoms with Gasteiger partial charge in [0.2, 0.25) is 11.7 Å². The molecule has 212 valence electrons. The maximum Gasteiger partial charge on any atom is 0.423 e. The first-order chi connectivity index (χ1) is 18.3. The molecule has 0 bridgehead atoms. The number of benzene rings is 1. The number of carbonyl (C=O) groups excluding carboxylic acids is 4. The van der Waals surface area contributed by atoms with Gasteiger partial charge in [0.25, 0.3) is 17.7 Å². The number of ether oxygens (including phenoxy) is 1. The quantitative estimate of drug-likeness (QED) is 0.469. The Morgan fingerprint density at radius 3 is 2.28 bits per heavy atom. The summed E-state index contributed by atoms with van der Waals surface area (Å²) in [7, 11) is 1.09. The van der Waals surface area contributed by atoms with Gasteiger partial charge in [-0.05, 0) is 50.6 Å². The van der Waals surface area contributed by atoms with Gasteiger partial charge in [-0.2, -0.15) is 4.90 Å². The fourth-order valence-corrected chi connectivity index (χ4v) is 4.87. The maximum atomic E-state index is 13.8. The van der Waals surface area contributed by atoms with Crippen LogP contribution in [0.4, 0.5) is 4.79 Å². The summed E-state index contributed by atoms with van der Waals surface area (Å²) in [6.07, 6.45) is -0.170. The minimum absolute atomic E-state index is 0.159. The van der Waals surface area contributed by atoms with Gasteiger partial charge in [0.1, 0.15) is 0 Å². The van der Waals surface area contributed by atoms with Crippen LogP contribution in [-0.2, 0) is 19.7 Å². The molecule has 3 rings (SSSR count). The molecule has 0 saturated carbocycles. The smallest absolute Gasteiger partial charge is 0.423 e. The zero-order valence-electron chi connectivity index (χ0n) is 23.7. The van der Waals surface area contributed by atoms with E-state index in [1.165, 1.54) is 0 Å². The van der Waals surface area contributed by atoms with Gasteiger partial charge in [-0.25, -0.2) is 4.79 Å². The van der Waals surface area contributed by atoms with Crippen molar-refractivity contribution in [1.29, 1.82) is 0 Å². The predicted molar refractivity (Wildman–Crippen MR) is 143 cm³/mol. The lowest BCUT2D eigenvalue weighted by Crippen LogP contribution is -2.58. The van der Waals surface area contributed by atoms with E-state index in [0.29, 0.717) is 30.2 Å². The highest BCUT2D eigenvalue weighted by atomic mass is 16.5. The Morgan fingerprint density at radius 2 is 1.72 bits per heavy atom. The highest BCUT2D eigenvalue weighted by molar-refractivity contribution is 6.12. The molecule has 3 amide bonds. The Balaban J connectivity index is 1.91. The number of Topliss-reactive ketones (excluding diaryl/α,β-unsaturated/α-hetero) is 1. The van der Waals surface area contributed by atoms with Crippen LogP contribution in [0.15, 0.2) is 34.7 Å². The standard InChI is InChI=1S/C28H39N5O6/c1-16(2)20(29)25(36)33(27(37)38-7)24(35)19-14-11-15-32(19)21(17(3)4)22(34)23-30-31-26(39-23)28(5,6)18-12-9-8-10-13-18/h8-10,12-13,16-17,19-21H,11,14-15,29H2,1-7H3/t19-,20-,21-/m0/s1. The average Bonchev–Trinajstić information content (AvgIpc) is 3.59. The van der Waals surface area contributed by atoms with E-state index in [2.05, 4.69) is 10.2 Å². The minimum Gasteiger partial charge on any atom is -0.452 e. The highest BCUT2D eigenvalue weighted by Gasteiger charge is 2.46. The monoisotopic (exact) mass is 541 g/mol. The molecule has 1 aliphatic rings. The molecular weight excluding hydrogens is 502 g/mol. The fraction of sp³-hybridized carbons (Fsp3) is 0.571. The van der Waals surface area contributed by atoms with Gasteiger partial charge in [-0.15, -0.1) is 10.2 Å². The number of rotatable bonds is 9. The number of hydrogen-bond acceptors (Lipinski definition) is 10. The van der Waals surface area contributed by atoms with Crippen LogP contribution in [0, 0.1) is 11.8 Å². The molecule has 2 heterocycles.